The Labute approximate surface area is 124 Å². The lowest BCUT2D eigenvalue weighted by atomic mass is 10.1. The second-order valence-electron chi connectivity index (χ2n) is 4.28. The van der Waals surface area contributed by atoms with E-state index in [1.54, 1.807) is 11.3 Å². The average molecular weight is 286 g/mol. The van der Waals surface area contributed by atoms with Crippen LogP contribution in [0.25, 0.3) is 0 Å². The van der Waals surface area contributed by atoms with E-state index in [-0.39, 0.29) is 6.61 Å². The highest BCUT2D eigenvalue weighted by Gasteiger charge is 2.05. The first-order valence-electron chi connectivity index (χ1n) is 6.72. The van der Waals surface area contributed by atoms with Gasteiger partial charge in [0.2, 0.25) is 0 Å². The Morgan fingerprint density at radius 3 is 2.90 bits per heavy atom. The summed E-state index contributed by atoms with van der Waals surface area (Å²) in [4.78, 5) is 1.13. The van der Waals surface area contributed by atoms with Gasteiger partial charge in [-0.15, -0.1) is 11.3 Å². The van der Waals surface area contributed by atoms with E-state index in [0.29, 0.717) is 13.0 Å². The lowest BCUT2D eigenvalue weighted by Crippen LogP contribution is -1.97. The summed E-state index contributed by atoms with van der Waals surface area (Å²) < 4.78 is 5.91. The summed E-state index contributed by atoms with van der Waals surface area (Å²) in [5.41, 5.74) is 2.22. The zero-order valence-electron chi connectivity index (χ0n) is 11.6. The first-order chi connectivity index (χ1) is 9.85. The van der Waals surface area contributed by atoms with Crippen molar-refractivity contribution < 1.29 is 9.84 Å². The van der Waals surface area contributed by atoms with Crippen molar-refractivity contribution in [3.63, 3.8) is 0 Å². The van der Waals surface area contributed by atoms with Crippen LogP contribution in [0.1, 0.15) is 29.3 Å². The number of aliphatic hydroxyl groups excluding tert-OH is 1. The maximum absolute atomic E-state index is 8.75. The molecule has 0 fully saturated rings. The van der Waals surface area contributed by atoms with Crippen LogP contribution in [0, 0.1) is 11.8 Å². The number of aryl methyl sites for hydroxylation is 1. The predicted octanol–water partition coefficient (Wildman–Crippen LogP) is 3.62. The Morgan fingerprint density at radius 2 is 2.10 bits per heavy atom. The lowest BCUT2D eigenvalue weighted by Gasteiger charge is -2.09. The average Bonchev–Trinajstić information content (AvgIpc) is 2.93. The van der Waals surface area contributed by atoms with Crippen molar-refractivity contribution in [2.24, 2.45) is 0 Å². The number of rotatable bonds is 5. The summed E-state index contributed by atoms with van der Waals surface area (Å²) in [5.74, 6) is 6.97. The zero-order chi connectivity index (χ0) is 14.2. The van der Waals surface area contributed by atoms with Gasteiger partial charge in [0.25, 0.3) is 0 Å². The molecule has 0 aliphatic heterocycles. The van der Waals surface area contributed by atoms with E-state index >= 15 is 0 Å². The molecule has 0 saturated heterocycles. The molecule has 20 heavy (non-hydrogen) atoms. The largest absolute Gasteiger partial charge is 0.488 e. The fraction of sp³-hybridized carbons (Fsp3) is 0.294. The molecule has 0 saturated carbocycles. The number of para-hydroxylation sites is 1. The van der Waals surface area contributed by atoms with Gasteiger partial charge in [0.05, 0.1) is 11.5 Å². The van der Waals surface area contributed by atoms with E-state index in [4.69, 9.17) is 9.84 Å². The first-order valence-corrected chi connectivity index (χ1v) is 7.60. The third-order valence-electron chi connectivity index (χ3n) is 2.92. The molecular formula is C17H18O2S. The number of hydrogen-bond acceptors (Lipinski definition) is 3. The molecule has 0 amide bonds. The third kappa shape index (κ3) is 3.86. The van der Waals surface area contributed by atoms with Gasteiger partial charge in [-0.3, -0.25) is 0 Å². The minimum atomic E-state index is 0.104. The van der Waals surface area contributed by atoms with Crippen LogP contribution >= 0.6 is 11.3 Å². The minimum Gasteiger partial charge on any atom is -0.488 e. The van der Waals surface area contributed by atoms with Crippen molar-refractivity contribution in [2.45, 2.75) is 26.4 Å². The molecule has 0 aliphatic carbocycles. The molecule has 0 radical (unpaired) electrons. The molecule has 1 aromatic carbocycles. The molecule has 1 heterocycles. The van der Waals surface area contributed by atoms with E-state index in [1.807, 2.05) is 29.6 Å². The Bertz CT molecular complexity index is 605. The van der Waals surface area contributed by atoms with Crippen LogP contribution < -0.4 is 4.74 Å². The van der Waals surface area contributed by atoms with Crippen LogP contribution in [0.4, 0.5) is 0 Å². The van der Waals surface area contributed by atoms with Gasteiger partial charge in [-0.1, -0.05) is 37.0 Å². The van der Waals surface area contributed by atoms with Gasteiger partial charge in [0.1, 0.15) is 12.4 Å². The van der Waals surface area contributed by atoms with Crippen LogP contribution in [-0.2, 0) is 13.0 Å². The second kappa shape index (κ2) is 7.74. The Morgan fingerprint density at radius 1 is 1.25 bits per heavy atom. The lowest BCUT2D eigenvalue weighted by molar-refractivity contribution is 0.305. The van der Waals surface area contributed by atoms with E-state index in [2.05, 4.69) is 24.8 Å². The predicted molar refractivity (Wildman–Crippen MR) is 83.1 cm³/mol. The number of aliphatic hydroxyl groups is 1. The minimum absolute atomic E-state index is 0.104. The fourth-order valence-corrected chi connectivity index (χ4v) is 2.60. The molecule has 104 valence electrons. The fourth-order valence-electron chi connectivity index (χ4n) is 1.86. The van der Waals surface area contributed by atoms with Crippen molar-refractivity contribution in [2.75, 3.05) is 6.61 Å². The molecule has 0 spiro atoms. The quantitative estimate of drug-likeness (QED) is 0.851. The van der Waals surface area contributed by atoms with E-state index in [0.717, 1.165) is 22.6 Å². The number of benzene rings is 1. The van der Waals surface area contributed by atoms with Crippen LogP contribution in [0.15, 0.2) is 35.7 Å². The summed E-state index contributed by atoms with van der Waals surface area (Å²) in [6.45, 7) is 2.77. The number of ether oxygens (including phenoxy) is 1. The maximum atomic E-state index is 8.75. The summed E-state index contributed by atoms with van der Waals surface area (Å²) in [6, 6.07) is 10.1. The summed E-state index contributed by atoms with van der Waals surface area (Å²) >= 11 is 1.65. The van der Waals surface area contributed by atoms with E-state index in [9.17, 15) is 0 Å². The van der Waals surface area contributed by atoms with Gasteiger partial charge in [-0.2, -0.15) is 0 Å². The van der Waals surface area contributed by atoms with Crippen LogP contribution in [-0.4, -0.2) is 11.7 Å². The molecule has 2 nitrogen and oxygen atoms in total. The molecule has 1 N–H and O–H groups in total. The number of thiophene rings is 1. The molecule has 0 aliphatic rings. The van der Waals surface area contributed by atoms with Crippen molar-refractivity contribution in [3.05, 3.63) is 51.7 Å². The molecule has 2 aromatic rings. The normalized spacial score (nSPS) is 9.90. The monoisotopic (exact) mass is 286 g/mol. The van der Waals surface area contributed by atoms with Crippen LogP contribution in [0.5, 0.6) is 5.75 Å². The van der Waals surface area contributed by atoms with Crippen LogP contribution in [0.2, 0.25) is 0 Å². The molecule has 2 rings (SSSR count). The topological polar surface area (TPSA) is 29.5 Å². The Hall–Kier alpha value is -1.76. The van der Waals surface area contributed by atoms with Crippen molar-refractivity contribution >= 4 is 11.3 Å². The van der Waals surface area contributed by atoms with Crippen molar-refractivity contribution in [3.8, 4) is 17.6 Å². The van der Waals surface area contributed by atoms with Crippen molar-refractivity contribution in [1.29, 1.82) is 0 Å². The summed E-state index contributed by atoms with van der Waals surface area (Å²) in [6.07, 6.45) is 1.47. The van der Waals surface area contributed by atoms with Gasteiger partial charge in [0, 0.05) is 12.0 Å². The molecule has 1 aromatic heterocycles. The highest BCUT2D eigenvalue weighted by atomic mass is 32.1. The molecule has 0 bridgehead atoms. The number of hydrogen-bond donors (Lipinski definition) is 1. The van der Waals surface area contributed by atoms with Crippen LogP contribution in [0.3, 0.4) is 0 Å². The Kier molecular flexibility index (Phi) is 5.67. The summed E-state index contributed by atoms with van der Waals surface area (Å²) in [7, 11) is 0. The maximum Gasteiger partial charge on any atom is 0.124 e. The Balaban J connectivity index is 2.05. The smallest absolute Gasteiger partial charge is 0.124 e. The second-order valence-corrected chi connectivity index (χ2v) is 5.28. The van der Waals surface area contributed by atoms with Gasteiger partial charge in [-0.25, -0.2) is 0 Å². The first kappa shape index (κ1) is 14.6. The molecule has 3 heteroatoms. The van der Waals surface area contributed by atoms with Gasteiger partial charge >= 0.3 is 0 Å². The molecular weight excluding hydrogens is 268 g/mol. The van der Waals surface area contributed by atoms with Gasteiger partial charge in [-0.05, 0) is 29.5 Å². The van der Waals surface area contributed by atoms with E-state index in [1.165, 1.54) is 5.56 Å². The summed E-state index contributed by atoms with van der Waals surface area (Å²) in [5, 5.41) is 10.8. The van der Waals surface area contributed by atoms with Gasteiger partial charge < -0.3 is 9.84 Å². The molecule has 0 atom stereocenters. The SMILES string of the molecule is CCc1ccccc1OCc1sccc1C#CCCO. The zero-order valence-corrected chi connectivity index (χ0v) is 12.4. The van der Waals surface area contributed by atoms with E-state index < -0.39 is 0 Å². The highest BCUT2D eigenvalue weighted by Crippen LogP contribution is 2.22. The standard InChI is InChI=1S/C17H18O2S/c1-2-14-7-3-4-9-16(14)19-13-17-15(10-12-20-17)8-5-6-11-18/h3-4,7,9-10,12,18H,2,6,11,13H2,1H3. The molecule has 0 unspecified atom stereocenters. The van der Waals surface area contributed by atoms with Gasteiger partial charge in [0.15, 0.2) is 0 Å². The van der Waals surface area contributed by atoms with Crippen molar-refractivity contribution in [1.82, 2.24) is 0 Å². The third-order valence-corrected chi connectivity index (χ3v) is 3.81. The highest BCUT2D eigenvalue weighted by molar-refractivity contribution is 7.10.